The number of hydrogen-bond donors (Lipinski definition) is 2. The minimum Gasteiger partial charge on any atom is -0.489 e. The lowest BCUT2D eigenvalue weighted by atomic mass is 10.1. The van der Waals surface area contributed by atoms with Gasteiger partial charge in [-0.1, -0.05) is 72.8 Å². The van der Waals surface area contributed by atoms with Crippen LogP contribution < -0.4 is 15.4 Å². The first kappa shape index (κ1) is 24.8. The van der Waals surface area contributed by atoms with E-state index >= 15 is 0 Å². The third kappa shape index (κ3) is 8.60. The quantitative estimate of drug-likeness (QED) is 0.399. The molecule has 3 rings (SSSR count). The summed E-state index contributed by atoms with van der Waals surface area (Å²) in [6.07, 6.45) is -0.350. The SMILES string of the molecule is COCCNC(=O)[C@@H](Cc1ccc(OCc2ccccc2)cc1)NC(=O)OCc1ccccc1. The van der Waals surface area contributed by atoms with Crippen molar-refractivity contribution in [2.24, 2.45) is 0 Å². The largest absolute Gasteiger partial charge is 0.489 e. The van der Waals surface area contributed by atoms with Crippen LogP contribution in [0, 0.1) is 0 Å². The van der Waals surface area contributed by atoms with Crippen LogP contribution in [0.5, 0.6) is 5.75 Å². The first-order valence-electron chi connectivity index (χ1n) is 11.1. The van der Waals surface area contributed by atoms with Crippen molar-refractivity contribution < 1.29 is 23.8 Å². The average molecular weight is 463 g/mol. The molecule has 0 saturated carbocycles. The Morgan fingerprint density at radius 2 is 1.41 bits per heavy atom. The van der Waals surface area contributed by atoms with Crippen LogP contribution in [0.3, 0.4) is 0 Å². The van der Waals surface area contributed by atoms with Crippen LogP contribution in [0.1, 0.15) is 16.7 Å². The molecule has 7 heteroatoms. The monoisotopic (exact) mass is 462 g/mol. The van der Waals surface area contributed by atoms with E-state index in [1.165, 1.54) is 0 Å². The fourth-order valence-electron chi connectivity index (χ4n) is 3.21. The van der Waals surface area contributed by atoms with Crippen molar-refractivity contribution >= 4 is 12.0 Å². The zero-order valence-corrected chi connectivity index (χ0v) is 19.2. The molecule has 0 unspecified atom stereocenters. The van der Waals surface area contributed by atoms with Gasteiger partial charge in [0.1, 0.15) is 25.0 Å². The second kappa shape index (κ2) is 13.6. The number of carbonyl (C=O) groups excluding carboxylic acids is 2. The second-order valence-electron chi connectivity index (χ2n) is 7.66. The van der Waals surface area contributed by atoms with Crippen molar-refractivity contribution in [1.82, 2.24) is 10.6 Å². The first-order chi connectivity index (χ1) is 16.6. The molecule has 3 aromatic carbocycles. The van der Waals surface area contributed by atoms with Gasteiger partial charge in [-0.2, -0.15) is 0 Å². The second-order valence-corrected chi connectivity index (χ2v) is 7.66. The van der Waals surface area contributed by atoms with E-state index in [-0.39, 0.29) is 12.5 Å². The molecule has 0 aliphatic rings. The van der Waals surface area contributed by atoms with E-state index in [0.717, 1.165) is 22.4 Å². The summed E-state index contributed by atoms with van der Waals surface area (Å²) in [7, 11) is 1.56. The van der Waals surface area contributed by atoms with E-state index < -0.39 is 12.1 Å². The van der Waals surface area contributed by atoms with Gasteiger partial charge in [0.25, 0.3) is 0 Å². The van der Waals surface area contributed by atoms with Crippen LogP contribution in [0.2, 0.25) is 0 Å². The molecule has 0 heterocycles. The van der Waals surface area contributed by atoms with Gasteiger partial charge in [0.05, 0.1) is 6.61 Å². The maximum atomic E-state index is 12.7. The van der Waals surface area contributed by atoms with Crippen LogP contribution in [0.25, 0.3) is 0 Å². The topological polar surface area (TPSA) is 85.9 Å². The lowest BCUT2D eigenvalue weighted by molar-refractivity contribution is -0.123. The Bertz CT molecular complexity index is 1010. The molecule has 2 N–H and O–H groups in total. The summed E-state index contributed by atoms with van der Waals surface area (Å²) in [5.74, 6) is 0.419. The maximum absolute atomic E-state index is 12.7. The molecule has 0 radical (unpaired) electrons. The highest BCUT2D eigenvalue weighted by atomic mass is 16.5. The van der Waals surface area contributed by atoms with Gasteiger partial charge in [0.2, 0.25) is 5.91 Å². The summed E-state index contributed by atoms with van der Waals surface area (Å²) in [5, 5.41) is 5.45. The standard InChI is InChI=1S/C27H30N2O5/c1-32-17-16-28-26(30)25(29-27(31)34-20-23-10-6-3-7-11-23)18-21-12-14-24(15-13-21)33-19-22-8-4-2-5-9-22/h2-15,25H,16-20H2,1H3,(H,28,30)(H,29,31)/t25-/m1/s1. The zero-order valence-electron chi connectivity index (χ0n) is 19.2. The highest BCUT2D eigenvalue weighted by Crippen LogP contribution is 2.15. The molecule has 3 aromatic rings. The summed E-state index contributed by atoms with van der Waals surface area (Å²) in [4.78, 5) is 25.1. The molecule has 2 amide bonds. The summed E-state index contributed by atoms with van der Waals surface area (Å²) >= 11 is 0. The van der Waals surface area contributed by atoms with Crippen molar-refractivity contribution in [3.05, 3.63) is 102 Å². The molecule has 1 atom stereocenters. The van der Waals surface area contributed by atoms with Gasteiger partial charge in [0, 0.05) is 20.1 Å². The number of methoxy groups -OCH3 is 1. The Kier molecular flexibility index (Phi) is 9.95. The normalized spacial score (nSPS) is 11.3. The Hall–Kier alpha value is -3.84. The van der Waals surface area contributed by atoms with Gasteiger partial charge in [-0.05, 0) is 28.8 Å². The number of amides is 2. The number of ether oxygens (including phenoxy) is 3. The Labute approximate surface area is 200 Å². The van der Waals surface area contributed by atoms with Crippen LogP contribution >= 0.6 is 0 Å². The molecule has 0 aliphatic carbocycles. The van der Waals surface area contributed by atoms with Crippen LogP contribution in [0.15, 0.2) is 84.9 Å². The Morgan fingerprint density at radius 3 is 2.03 bits per heavy atom. The summed E-state index contributed by atoms with van der Waals surface area (Å²) in [6.45, 7) is 1.32. The van der Waals surface area contributed by atoms with Gasteiger partial charge in [-0.15, -0.1) is 0 Å². The van der Waals surface area contributed by atoms with Crippen molar-refractivity contribution in [2.45, 2.75) is 25.7 Å². The lowest BCUT2D eigenvalue weighted by Gasteiger charge is -2.19. The van der Waals surface area contributed by atoms with Crippen LogP contribution in [-0.4, -0.2) is 38.3 Å². The fraction of sp³-hybridized carbons (Fsp3) is 0.259. The molecule has 0 fully saturated rings. The lowest BCUT2D eigenvalue weighted by Crippen LogP contribution is -2.48. The van der Waals surface area contributed by atoms with Gasteiger partial charge >= 0.3 is 6.09 Å². The van der Waals surface area contributed by atoms with E-state index in [2.05, 4.69) is 10.6 Å². The summed E-state index contributed by atoms with van der Waals surface area (Å²) in [5.41, 5.74) is 2.82. The van der Waals surface area contributed by atoms with Gasteiger partial charge in [0.15, 0.2) is 0 Å². The molecular weight excluding hydrogens is 432 g/mol. The third-order valence-electron chi connectivity index (χ3n) is 5.04. The Balaban J connectivity index is 1.57. The van der Waals surface area contributed by atoms with E-state index in [0.29, 0.717) is 26.2 Å². The van der Waals surface area contributed by atoms with Crippen molar-refractivity contribution in [2.75, 3.05) is 20.3 Å². The van der Waals surface area contributed by atoms with E-state index in [9.17, 15) is 9.59 Å². The molecule has 0 bridgehead atoms. The first-order valence-corrected chi connectivity index (χ1v) is 11.1. The van der Waals surface area contributed by atoms with Crippen LogP contribution in [0.4, 0.5) is 4.79 Å². The molecule has 34 heavy (non-hydrogen) atoms. The molecular formula is C27H30N2O5. The van der Waals surface area contributed by atoms with Crippen LogP contribution in [-0.2, 0) is 33.9 Å². The zero-order chi connectivity index (χ0) is 24.0. The molecule has 0 saturated heterocycles. The van der Waals surface area contributed by atoms with Gasteiger partial charge in [-0.25, -0.2) is 4.79 Å². The van der Waals surface area contributed by atoms with Gasteiger partial charge < -0.3 is 24.8 Å². The highest BCUT2D eigenvalue weighted by molar-refractivity contribution is 5.85. The van der Waals surface area contributed by atoms with E-state index in [1.807, 2.05) is 84.9 Å². The van der Waals surface area contributed by atoms with E-state index in [1.54, 1.807) is 7.11 Å². The van der Waals surface area contributed by atoms with Crippen molar-refractivity contribution in [3.63, 3.8) is 0 Å². The number of rotatable bonds is 12. The number of hydrogen-bond acceptors (Lipinski definition) is 5. The van der Waals surface area contributed by atoms with Gasteiger partial charge in [-0.3, -0.25) is 4.79 Å². The minimum atomic E-state index is -0.795. The minimum absolute atomic E-state index is 0.123. The summed E-state index contributed by atoms with van der Waals surface area (Å²) < 4.78 is 16.1. The smallest absolute Gasteiger partial charge is 0.408 e. The van der Waals surface area contributed by atoms with Crippen molar-refractivity contribution in [1.29, 1.82) is 0 Å². The summed E-state index contributed by atoms with van der Waals surface area (Å²) in [6, 6.07) is 25.9. The third-order valence-corrected chi connectivity index (χ3v) is 5.04. The van der Waals surface area contributed by atoms with E-state index in [4.69, 9.17) is 14.2 Å². The predicted octanol–water partition coefficient (Wildman–Crippen LogP) is 3.87. The maximum Gasteiger partial charge on any atom is 0.408 e. The Morgan fingerprint density at radius 1 is 0.794 bits per heavy atom. The molecule has 0 spiro atoms. The number of carbonyl (C=O) groups is 2. The number of alkyl carbamates (subject to hydrolysis) is 1. The van der Waals surface area contributed by atoms with Crippen molar-refractivity contribution in [3.8, 4) is 5.75 Å². The molecule has 178 valence electrons. The molecule has 0 aromatic heterocycles. The number of nitrogens with one attached hydrogen (secondary N) is 2. The fourth-order valence-corrected chi connectivity index (χ4v) is 3.21. The molecule has 7 nitrogen and oxygen atoms in total. The predicted molar refractivity (Wildman–Crippen MR) is 129 cm³/mol. The highest BCUT2D eigenvalue weighted by Gasteiger charge is 2.22. The number of benzene rings is 3. The average Bonchev–Trinajstić information content (AvgIpc) is 2.88. The molecule has 0 aliphatic heterocycles.